The Kier molecular flexibility index (Phi) is 4.01. The second-order valence-electron chi connectivity index (χ2n) is 5.71. The molecule has 20 heavy (non-hydrogen) atoms. The largest absolute Gasteiger partial charge is 0.304 e. The molecule has 0 bridgehead atoms. The summed E-state index contributed by atoms with van der Waals surface area (Å²) in [4.78, 5) is 2.38. The molecule has 0 amide bonds. The highest BCUT2D eigenvalue weighted by Gasteiger charge is 2.17. The predicted molar refractivity (Wildman–Crippen MR) is 84.6 cm³/mol. The topological polar surface area (TPSA) is 18.5 Å². The molecule has 1 heterocycles. The molecule has 1 aliphatic rings. The molecule has 3 heteroatoms. The van der Waals surface area contributed by atoms with Crippen LogP contribution in [0.3, 0.4) is 0 Å². The number of hydrazine groups is 1. The summed E-state index contributed by atoms with van der Waals surface area (Å²) in [5.41, 5.74) is 5.03. The van der Waals surface area contributed by atoms with E-state index in [4.69, 9.17) is 0 Å². The van der Waals surface area contributed by atoms with Crippen molar-refractivity contribution < 1.29 is 0 Å². The highest BCUT2D eigenvalue weighted by molar-refractivity contribution is 5.86. The molecule has 2 aromatic rings. The van der Waals surface area contributed by atoms with Crippen LogP contribution in [-0.4, -0.2) is 43.1 Å². The summed E-state index contributed by atoms with van der Waals surface area (Å²) in [5.74, 6) is 0. The molecule has 1 atom stereocenters. The summed E-state index contributed by atoms with van der Waals surface area (Å²) in [7, 11) is 2.19. The maximum absolute atomic E-state index is 3.65. The minimum absolute atomic E-state index is 0.338. The average Bonchev–Trinajstić information content (AvgIpc) is 2.49. The Morgan fingerprint density at radius 3 is 2.45 bits per heavy atom. The van der Waals surface area contributed by atoms with Crippen molar-refractivity contribution in [2.75, 3.05) is 33.2 Å². The number of rotatable bonds is 3. The molecule has 3 nitrogen and oxygen atoms in total. The molecule has 0 spiro atoms. The van der Waals surface area contributed by atoms with Crippen LogP contribution in [0.1, 0.15) is 18.5 Å². The van der Waals surface area contributed by atoms with Gasteiger partial charge >= 0.3 is 0 Å². The van der Waals surface area contributed by atoms with Gasteiger partial charge in [0, 0.05) is 32.2 Å². The lowest BCUT2D eigenvalue weighted by molar-refractivity contribution is 0.0901. The highest BCUT2D eigenvalue weighted by atomic mass is 15.5. The minimum atomic E-state index is 0.338. The zero-order valence-electron chi connectivity index (χ0n) is 12.3. The van der Waals surface area contributed by atoms with Gasteiger partial charge in [0.25, 0.3) is 0 Å². The summed E-state index contributed by atoms with van der Waals surface area (Å²) in [6, 6.07) is 15.5. The van der Waals surface area contributed by atoms with Crippen LogP contribution in [0.25, 0.3) is 10.8 Å². The number of likely N-dealkylation sites (N-methyl/N-ethyl adjacent to an activating group) is 1. The quantitative estimate of drug-likeness (QED) is 0.924. The molecule has 0 radical (unpaired) electrons. The third-order valence-corrected chi connectivity index (χ3v) is 4.17. The van der Waals surface area contributed by atoms with Gasteiger partial charge in [0.2, 0.25) is 0 Å². The van der Waals surface area contributed by atoms with Crippen LogP contribution in [-0.2, 0) is 0 Å². The summed E-state index contributed by atoms with van der Waals surface area (Å²) >= 11 is 0. The van der Waals surface area contributed by atoms with Gasteiger partial charge in [0.1, 0.15) is 0 Å². The van der Waals surface area contributed by atoms with E-state index in [0.29, 0.717) is 6.04 Å². The molecule has 1 N–H and O–H groups in total. The summed E-state index contributed by atoms with van der Waals surface area (Å²) in [6.45, 7) is 6.70. The Balaban J connectivity index is 1.77. The smallest absolute Gasteiger partial charge is 0.0442 e. The van der Waals surface area contributed by atoms with E-state index in [2.05, 4.69) is 71.8 Å². The standard InChI is InChI=1S/C17H23N3/c1-14(18-20-12-10-19(2)11-13-20)16-9-5-7-15-6-3-4-8-17(15)16/h3-9,14,18H,10-13H2,1-2H3. The van der Waals surface area contributed by atoms with Crippen LogP contribution < -0.4 is 5.43 Å². The number of fused-ring (bicyclic) bond motifs is 1. The highest BCUT2D eigenvalue weighted by Crippen LogP contribution is 2.24. The third-order valence-electron chi connectivity index (χ3n) is 4.17. The normalized spacial score (nSPS) is 19.3. The van der Waals surface area contributed by atoms with Crippen LogP contribution in [0.4, 0.5) is 0 Å². The fraction of sp³-hybridized carbons (Fsp3) is 0.412. The monoisotopic (exact) mass is 269 g/mol. The Morgan fingerprint density at radius 2 is 1.65 bits per heavy atom. The Hall–Kier alpha value is -1.42. The van der Waals surface area contributed by atoms with Gasteiger partial charge in [-0.05, 0) is 30.3 Å². The van der Waals surface area contributed by atoms with Gasteiger partial charge in [-0.2, -0.15) is 0 Å². The SMILES string of the molecule is CC(NN1CCN(C)CC1)c1cccc2ccccc12. The number of piperazine rings is 1. The second-order valence-corrected chi connectivity index (χ2v) is 5.71. The van der Waals surface area contributed by atoms with E-state index < -0.39 is 0 Å². The molecule has 0 saturated carbocycles. The van der Waals surface area contributed by atoms with Crippen molar-refractivity contribution >= 4 is 10.8 Å². The molecule has 1 fully saturated rings. The maximum atomic E-state index is 3.65. The number of nitrogens with zero attached hydrogens (tertiary/aromatic N) is 2. The van der Waals surface area contributed by atoms with Gasteiger partial charge in [0.05, 0.1) is 0 Å². The van der Waals surface area contributed by atoms with Gasteiger partial charge in [-0.25, -0.2) is 10.4 Å². The predicted octanol–water partition coefficient (Wildman–Crippen LogP) is 2.65. The van der Waals surface area contributed by atoms with Crippen molar-refractivity contribution in [3.63, 3.8) is 0 Å². The number of benzene rings is 2. The van der Waals surface area contributed by atoms with E-state index in [1.165, 1.54) is 16.3 Å². The van der Waals surface area contributed by atoms with Crippen LogP contribution in [0.5, 0.6) is 0 Å². The summed E-state index contributed by atoms with van der Waals surface area (Å²) in [6.07, 6.45) is 0. The number of hydrogen-bond acceptors (Lipinski definition) is 3. The first-order valence-electron chi connectivity index (χ1n) is 7.41. The molecular formula is C17H23N3. The van der Waals surface area contributed by atoms with E-state index in [0.717, 1.165) is 26.2 Å². The first-order valence-corrected chi connectivity index (χ1v) is 7.41. The minimum Gasteiger partial charge on any atom is -0.304 e. The lowest BCUT2D eigenvalue weighted by atomic mass is 10.00. The molecule has 2 aromatic carbocycles. The van der Waals surface area contributed by atoms with Crippen LogP contribution in [0.2, 0.25) is 0 Å². The Morgan fingerprint density at radius 1 is 0.950 bits per heavy atom. The molecule has 1 unspecified atom stereocenters. The second kappa shape index (κ2) is 5.92. The maximum Gasteiger partial charge on any atom is 0.0442 e. The van der Waals surface area contributed by atoms with Gasteiger partial charge in [0.15, 0.2) is 0 Å². The van der Waals surface area contributed by atoms with Gasteiger partial charge in [-0.3, -0.25) is 0 Å². The Bertz CT molecular complexity index is 568. The molecular weight excluding hydrogens is 246 g/mol. The van der Waals surface area contributed by atoms with E-state index in [1.807, 2.05) is 0 Å². The summed E-state index contributed by atoms with van der Waals surface area (Å²) < 4.78 is 0. The fourth-order valence-corrected chi connectivity index (χ4v) is 2.91. The molecule has 0 aliphatic carbocycles. The van der Waals surface area contributed by atoms with Gasteiger partial charge < -0.3 is 4.90 Å². The van der Waals surface area contributed by atoms with Crippen LogP contribution in [0.15, 0.2) is 42.5 Å². The van der Waals surface area contributed by atoms with Gasteiger partial charge in [-0.1, -0.05) is 42.5 Å². The van der Waals surface area contributed by atoms with Crippen molar-refractivity contribution in [2.24, 2.45) is 0 Å². The Labute approximate surface area is 121 Å². The number of nitrogens with one attached hydrogen (secondary N) is 1. The lowest BCUT2D eigenvalue weighted by Gasteiger charge is -2.34. The van der Waals surface area contributed by atoms with E-state index >= 15 is 0 Å². The first-order chi connectivity index (χ1) is 9.74. The van der Waals surface area contributed by atoms with Crippen LogP contribution in [0, 0.1) is 0 Å². The molecule has 106 valence electrons. The van der Waals surface area contributed by atoms with Crippen molar-refractivity contribution in [1.82, 2.24) is 15.3 Å². The molecule has 3 rings (SSSR count). The van der Waals surface area contributed by atoms with E-state index in [-0.39, 0.29) is 0 Å². The van der Waals surface area contributed by atoms with Crippen LogP contribution >= 0.6 is 0 Å². The number of hydrogen-bond donors (Lipinski definition) is 1. The van der Waals surface area contributed by atoms with Crippen molar-refractivity contribution in [2.45, 2.75) is 13.0 Å². The van der Waals surface area contributed by atoms with Crippen molar-refractivity contribution in [1.29, 1.82) is 0 Å². The average molecular weight is 269 g/mol. The first kappa shape index (κ1) is 13.6. The van der Waals surface area contributed by atoms with Gasteiger partial charge in [-0.15, -0.1) is 0 Å². The fourth-order valence-electron chi connectivity index (χ4n) is 2.91. The lowest BCUT2D eigenvalue weighted by Crippen LogP contribution is -2.51. The zero-order valence-corrected chi connectivity index (χ0v) is 12.3. The van der Waals surface area contributed by atoms with E-state index in [1.54, 1.807) is 0 Å². The summed E-state index contributed by atoms with van der Waals surface area (Å²) in [5, 5.41) is 5.02. The van der Waals surface area contributed by atoms with Crippen molar-refractivity contribution in [3.05, 3.63) is 48.0 Å². The molecule has 1 aliphatic heterocycles. The molecule has 1 saturated heterocycles. The van der Waals surface area contributed by atoms with Crippen molar-refractivity contribution in [3.8, 4) is 0 Å². The molecule has 0 aromatic heterocycles. The van der Waals surface area contributed by atoms with E-state index in [9.17, 15) is 0 Å². The zero-order chi connectivity index (χ0) is 13.9. The third kappa shape index (κ3) is 2.85.